The van der Waals surface area contributed by atoms with E-state index in [0.29, 0.717) is 13.1 Å². The second-order valence-electron chi connectivity index (χ2n) is 4.12. The van der Waals surface area contributed by atoms with E-state index in [-0.39, 0.29) is 11.3 Å². The van der Waals surface area contributed by atoms with E-state index >= 15 is 0 Å². The van der Waals surface area contributed by atoms with Gasteiger partial charge in [-0.2, -0.15) is 4.31 Å². The minimum Gasteiger partial charge on any atom is -0.212 e. The Kier molecular flexibility index (Phi) is 2.91. The molecule has 2 fully saturated rings. The lowest BCUT2D eigenvalue weighted by Crippen LogP contribution is -2.43. The van der Waals surface area contributed by atoms with Crippen LogP contribution in [0.1, 0.15) is 25.7 Å². The average molecular weight is 230 g/mol. The first-order chi connectivity index (χ1) is 7.14. The Morgan fingerprint density at radius 3 is 2.60 bits per heavy atom. The van der Waals surface area contributed by atoms with Crippen LogP contribution in [0.5, 0.6) is 0 Å². The van der Waals surface area contributed by atoms with Crippen LogP contribution in [0.15, 0.2) is 4.99 Å². The predicted molar refractivity (Wildman–Crippen MR) is 54.7 cm³/mol. The zero-order valence-electron chi connectivity index (χ0n) is 8.42. The molecule has 0 radical (unpaired) electrons. The van der Waals surface area contributed by atoms with Crippen LogP contribution in [-0.4, -0.2) is 43.2 Å². The van der Waals surface area contributed by atoms with E-state index < -0.39 is 10.0 Å². The predicted octanol–water partition coefficient (Wildman–Crippen LogP) is 0.279. The Labute approximate surface area is 89.2 Å². The fourth-order valence-electron chi connectivity index (χ4n) is 1.91. The highest BCUT2D eigenvalue weighted by atomic mass is 32.2. The zero-order chi connectivity index (χ0) is 10.9. The summed E-state index contributed by atoms with van der Waals surface area (Å²) in [6.45, 7) is 0.928. The van der Waals surface area contributed by atoms with Crippen molar-refractivity contribution in [3.63, 3.8) is 0 Å². The fourth-order valence-corrected chi connectivity index (χ4v) is 3.83. The van der Waals surface area contributed by atoms with Gasteiger partial charge in [-0.15, -0.1) is 0 Å². The molecule has 1 unspecified atom stereocenters. The van der Waals surface area contributed by atoms with Crippen LogP contribution in [0, 0.1) is 0 Å². The molecule has 0 aromatic heterocycles. The van der Waals surface area contributed by atoms with Crippen molar-refractivity contribution in [3.8, 4) is 0 Å². The molecular formula is C9H14N2O3S. The van der Waals surface area contributed by atoms with Gasteiger partial charge in [-0.1, -0.05) is 0 Å². The van der Waals surface area contributed by atoms with Crippen molar-refractivity contribution >= 4 is 16.1 Å². The standard InChI is InChI=1S/C9H14N2O3S/c12-7-10-8-2-1-5-11(6-8)15(13,14)9-3-4-9/h8-9H,1-6H2. The number of hydrogen-bond acceptors (Lipinski definition) is 4. The van der Waals surface area contributed by atoms with Crippen molar-refractivity contribution in [2.45, 2.75) is 37.0 Å². The van der Waals surface area contributed by atoms with E-state index in [1.165, 1.54) is 10.4 Å². The fraction of sp³-hybridized carbons (Fsp3) is 0.889. The molecule has 0 aromatic rings. The van der Waals surface area contributed by atoms with Gasteiger partial charge in [0.15, 0.2) is 0 Å². The summed E-state index contributed by atoms with van der Waals surface area (Å²) in [6, 6.07) is -0.190. The third-order valence-corrected chi connectivity index (χ3v) is 5.27. The van der Waals surface area contributed by atoms with Crippen LogP contribution in [0.3, 0.4) is 0 Å². The van der Waals surface area contributed by atoms with Gasteiger partial charge in [-0.3, -0.25) is 0 Å². The van der Waals surface area contributed by atoms with Crippen LogP contribution in [0.4, 0.5) is 0 Å². The van der Waals surface area contributed by atoms with Gasteiger partial charge in [0, 0.05) is 13.1 Å². The molecule has 0 amide bonds. The number of rotatable bonds is 3. The monoisotopic (exact) mass is 230 g/mol. The Hall–Kier alpha value is -0.710. The summed E-state index contributed by atoms with van der Waals surface area (Å²) in [5, 5.41) is -0.170. The van der Waals surface area contributed by atoms with Crippen molar-refractivity contribution in [3.05, 3.63) is 0 Å². The Morgan fingerprint density at radius 1 is 1.27 bits per heavy atom. The molecule has 5 nitrogen and oxygen atoms in total. The van der Waals surface area contributed by atoms with Crippen LogP contribution in [-0.2, 0) is 14.8 Å². The van der Waals surface area contributed by atoms with Gasteiger partial charge >= 0.3 is 0 Å². The number of hydrogen-bond donors (Lipinski definition) is 0. The molecule has 0 aromatic carbocycles. The van der Waals surface area contributed by atoms with E-state index in [2.05, 4.69) is 4.99 Å². The quantitative estimate of drug-likeness (QED) is 0.516. The SMILES string of the molecule is O=C=NC1CCCN(S(=O)(=O)C2CC2)C1. The van der Waals surface area contributed by atoms with Crippen LogP contribution < -0.4 is 0 Å². The number of nitrogens with zero attached hydrogens (tertiary/aromatic N) is 2. The van der Waals surface area contributed by atoms with Gasteiger partial charge in [-0.05, 0) is 25.7 Å². The molecule has 2 aliphatic rings. The topological polar surface area (TPSA) is 66.8 Å². The van der Waals surface area contributed by atoms with Gasteiger partial charge in [0.2, 0.25) is 16.1 Å². The Balaban J connectivity index is 2.06. The largest absolute Gasteiger partial charge is 0.235 e. The normalized spacial score (nSPS) is 28.4. The van der Waals surface area contributed by atoms with Crippen molar-refractivity contribution in [2.24, 2.45) is 4.99 Å². The second-order valence-corrected chi connectivity index (χ2v) is 6.33. The molecule has 1 saturated carbocycles. The van der Waals surface area contributed by atoms with Crippen molar-refractivity contribution in [2.75, 3.05) is 13.1 Å². The van der Waals surface area contributed by atoms with Gasteiger partial charge in [0.1, 0.15) is 0 Å². The van der Waals surface area contributed by atoms with E-state index in [9.17, 15) is 13.2 Å². The highest BCUT2D eigenvalue weighted by molar-refractivity contribution is 7.90. The zero-order valence-corrected chi connectivity index (χ0v) is 9.24. The Bertz CT molecular complexity index is 382. The summed E-state index contributed by atoms with van der Waals surface area (Å²) in [4.78, 5) is 13.7. The number of isocyanates is 1. The van der Waals surface area contributed by atoms with Gasteiger partial charge in [-0.25, -0.2) is 18.2 Å². The molecule has 0 spiro atoms. The number of piperidine rings is 1. The summed E-state index contributed by atoms with van der Waals surface area (Å²) < 4.78 is 25.3. The molecule has 15 heavy (non-hydrogen) atoms. The first-order valence-electron chi connectivity index (χ1n) is 5.20. The molecule has 1 aliphatic carbocycles. The smallest absolute Gasteiger partial charge is 0.212 e. The van der Waals surface area contributed by atoms with Crippen molar-refractivity contribution in [1.29, 1.82) is 0 Å². The van der Waals surface area contributed by atoms with Crippen molar-refractivity contribution < 1.29 is 13.2 Å². The summed E-state index contributed by atoms with van der Waals surface area (Å²) in [5.74, 6) is 0. The molecule has 1 saturated heterocycles. The van der Waals surface area contributed by atoms with Crippen LogP contribution in [0.2, 0.25) is 0 Å². The molecule has 0 N–H and O–H groups in total. The number of carbonyl (C=O) groups excluding carboxylic acids is 1. The van der Waals surface area contributed by atoms with E-state index in [1.807, 2.05) is 0 Å². The third-order valence-electron chi connectivity index (χ3n) is 2.90. The minimum atomic E-state index is -3.10. The molecule has 1 aliphatic heterocycles. The lowest BCUT2D eigenvalue weighted by molar-refractivity contribution is 0.316. The highest BCUT2D eigenvalue weighted by Gasteiger charge is 2.41. The van der Waals surface area contributed by atoms with Gasteiger partial charge in [0.05, 0.1) is 11.3 Å². The van der Waals surface area contributed by atoms with E-state index in [1.54, 1.807) is 0 Å². The van der Waals surface area contributed by atoms with E-state index in [4.69, 9.17) is 0 Å². The van der Waals surface area contributed by atoms with Gasteiger partial charge in [0.25, 0.3) is 0 Å². The number of aliphatic imine (C=N–C) groups is 1. The molecule has 1 atom stereocenters. The van der Waals surface area contributed by atoms with E-state index in [0.717, 1.165) is 25.7 Å². The van der Waals surface area contributed by atoms with Crippen LogP contribution >= 0.6 is 0 Å². The highest BCUT2D eigenvalue weighted by Crippen LogP contribution is 2.32. The average Bonchev–Trinajstić information content (AvgIpc) is 3.02. The maximum absolute atomic E-state index is 11.9. The summed E-state index contributed by atoms with van der Waals surface area (Å²) in [7, 11) is -3.10. The maximum atomic E-state index is 11.9. The molecule has 1 heterocycles. The van der Waals surface area contributed by atoms with Gasteiger partial charge < -0.3 is 0 Å². The molecule has 6 heteroatoms. The molecule has 0 bridgehead atoms. The number of sulfonamides is 1. The lowest BCUT2D eigenvalue weighted by atomic mass is 10.1. The van der Waals surface area contributed by atoms with Crippen molar-refractivity contribution in [1.82, 2.24) is 4.31 Å². The second kappa shape index (κ2) is 4.04. The molecule has 2 rings (SSSR count). The molecular weight excluding hydrogens is 216 g/mol. The lowest BCUT2D eigenvalue weighted by Gasteiger charge is -2.29. The summed E-state index contributed by atoms with van der Waals surface area (Å²) in [5.41, 5.74) is 0. The summed E-state index contributed by atoms with van der Waals surface area (Å²) in [6.07, 6.45) is 4.63. The van der Waals surface area contributed by atoms with Crippen LogP contribution in [0.25, 0.3) is 0 Å². The molecule has 84 valence electrons. The Morgan fingerprint density at radius 2 is 2.00 bits per heavy atom. The summed E-state index contributed by atoms with van der Waals surface area (Å²) >= 11 is 0. The first-order valence-corrected chi connectivity index (χ1v) is 6.71. The first kappa shape index (κ1) is 10.8. The minimum absolute atomic E-state index is 0.170. The third kappa shape index (κ3) is 2.27. The maximum Gasteiger partial charge on any atom is 0.235 e.